The number of hydrogen-bond acceptors (Lipinski definition) is 2. The van der Waals surface area contributed by atoms with Crippen molar-refractivity contribution in [3.8, 4) is 0 Å². The van der Waals surface area contributed by atoms with E-state index in [1.807, 2.05) is 0 Å². The third-order valence-corrected chi connectivity index (χ3v) is 1.23. The molecule has 0 aromatic heterocycles. The second-order valence-corrected chi connectivity index (χ2v) is 2.36. The van der Waals surface area contributed by atoms with Gasteiger partial charge in [0.1, 0.15) is 0 Å². The molecular formula is C7H13FN2O2. The monoisotopic (exact) mass is 176 g/mol. The summed E-state index contributed by atoms with van der Waals surface area (Å²) in [4.78, 5) is 21.0. The van der Waals surface area contributed by atoms with Crippen LogP contribution < -0.4 is 11.1 Å². The fraction of sp³-hybridized carbons (Fsp3) is 0.714. The smallest absolute Gasteiger partial charge is 0.220 e. The van der Waals surface area contributed by atoms with Gasteiger partial charge in [-0.05, 0) is 6.42 Å². The second-order valence-electron chi connectivity index (χ2n) is 2.36. The minimum Gasteiger partial charge on any atom is -0.370 e. The van der Waals surface area contributed by atoms with E-state index in [1.54, 1.807) is 0 Å². The molecule has 0 heterocycles. The predicted molar refractivity (Wildman–Crippen MR) is 42.0 cm³/mol. The van der Waals surface area contributed by atoms with E-state index in [1.165, 1.54) is 0 Å². The lowest BCUT2D eigenvalue weighted by Crippen LogP contribution is -2.26. The first-order valence-corrected chi connectivity index (χ1v) is 3.77. The normalized spacial score (nSPS) is 9.42. The molecule has 70 valence electrons. The van der Waals surface area contributed by atoms with Gasteiger partial charge in [0.15, 0.2) is 0 Å². The maximum atomic E-state index is 11.5. The Bertz CT molecular complexity index is 161. The predicted octanol–water partition coefficient (Wildman–Crippen LogP) is -0.272. The molecule has 12 heavy (non-hydrogen) atoms. The van der Waals surface area contributed by atoms with E-state index in [-0.39, 0.29) is 18.7 Å². The molecule has 0 aromatic carbocycles. The van der Waals surface area contributed by atoms with E-state index in [9.17, 15) is 14.0 Å². The van der Waals surface area contributed by atoms with Gasteiger partial charge in [0, 0.05) is 19.4 Å². The molecule has 2 amide bonds. The van der Waals surface area contributed by atoms with Crippen LogP contribution in [0.25, 0.3) is 0 Å². The van der Waals surface area contributed by atoms with Crippen LogP contribution in [-0.2, 0) is 9.59 Å². The van der Waals surface area contributed by atoms with Crippen LogP contribution in [0.2, 0.25) is 0 Å². The summed E-state index contributed by atoms with van der Waals surface area (Å²) in [6, 6.07) is 0. The number of amides is 2. The van der Waals surface area contributed by atoms with Gasteiger partial charge in [0.2, 0.25) is 11.8 Å². The Labute approximate surface area is 70.3 Å². The topological polar surface area (TPSA) is 72.2 Å². The number of rotatable bonds is 6. The van der Waals surface area contributed by atoms with Crippen molar-refractivity contribution in [2.24, 2.45) is 5.73 Å². The SMILES string of the molecule is NC(=O)CCC(=O)NCCCF. The van der Waals surface area contributed by atoms with Crippen LogP contribution >= 0.6 is 0 Å². The highest BCUT2D eigenvalue weighted by molar-refractivity contribution is 5.82. The Balaban J connectivity index is 3.28. The van der Waals surface area contributed by atoms with E-state index in [0.717, 1.165) is 0 Å². The van der Waals surface area contributed by atoms with E-state index in [2.05, 4.69) is 5.32 Å². The number of nitrogens with two attached hydrogens (primary N) is 1. The van der Waals surface area contributed by atoms with Gasteiger partial charge >= 0.3 is 0 Å². The van der Waals surface area contributed by atoms with Gasteiger partial charge in [-0.2, -0.15) is 0 Å². The highest BCUT2D eigenvalue weighted by atomic mass is 19.1. The highest BCUT2D eigenvalue weighted by Crippen LogP contribution is 1.87. The third kappa shape index (κ3) is 6.98. The lowest BCUT2D eigenvalue weighted by Gasteiger charge is -2.01. The summed E-state index contributed by atoms with van der Waals surface area (Å²) in [7, 11) is 0. The van der Waals surface area contributed by atoms with Gasteiger partial charge in [-0.1, -0.05) is 0 Å². The fourth-order valence-corrected chi connectivity index (χ4v) is 0.620. The van der Waals surface area contributed by atoms with Crippen molar-refractivity contribution < 1.29 is 14.0 Å². The van der Waals surface area contributed by atoms with Crippen molar-refractivity contribution in [1.82, 2.24) is 5.32 Å². The van der Waals surface area contributed by atoms with Gasteiger partial charge in [0.25, 0.3) is 0 Å². The second kappa shape index (κ2) is 6.57. The molecular weight excluding hydrogens is 163 g/mol. The number of carbonyl (C=O) groups excluding carboxylic acids is 2. The molecule has 0 fully saturated rings. The number of carbonyl (C=O) groups is 2. The molecule has 0 saturated heterocycles. The van der Waals surface area contributed by atoms with E-state index in [0.29, 0.717) is 13.0 Å². The van der Waals surface area contributed by atoms with Crippen molar-refractivity contribution in [3.63, 3.8) is 0 Å². The standard InChI is InChI=1S/C7H13FN2O2/c8-4-1-5-10-7(12)3-2-6(9)11/h1-5H2,(H2,9,11)(H,10,12). The van der Waals surface area contributed by atoms with Crippen molar-refractivity contribution in [1.29, 1.82) is 0 Å². The lowest BCUT2D eigenvalue weighted by molar-refractivity contribution is -0.125. The first kappa shape index (κ1) is 10.9. The zero-order valence-electron chi connectivity index (χ0n) is 6.81. The van der Waals surface area contributed by atoms with E-state index < -0.39 is 12.6 Å². The average molecular weight is 176 g/mol. The third-order valence-electron chi connectivity index (χ3n) is 1.23. The maximum Gasteiger partial charge on any atom is 0.220 e. The summed E-state index contributed by atoms with van der Waals surface area (Å²) in [6.07, 6.45) is 0.436. The molecule has 0 bridgehead atoms. The quantitative estimate of drug-likeness (QED) is 0.547. The maximum absolute atomic E-state index is 11.5. The zero-order chi connectivity index (χ0) is 9.40. The summed E-state index contributed by atoms with van der Waals surface area (Å²) in [5.41, 5.74) is 4.82. The highest BCUT2D eigenvalue weighted by Gasteiger charge is 2.02. The molecule has 0 aliphatic carbocycles. The Hall–Kier alpha value is -1.13. The van der Waals surface area contributed by atoms with Gasteiger partial charge in [-0.25, -0.2) is 0 Å². The minimum atomic E-state index is -0.504. The Morgan fingerprint density at radius 3 is 2.50 bits per heavy atom. The van der Waals surface area contributed by atoms with Crippen LogP contribution in [0.5, 0.6) is 0 Å². The average Bonchev–Trinajstić information content (AvgIpc) is 2.01. The van der Waals surface area contributed by atoms with Gasteiger partial charge < -0.3 is 11.1 Å². The van der Waals surface area contributed by atoms with Gasteiger partial charge in [-0.3, -0.25) is 14.0 Å². The molecule has 0 radical (unpaired) electrons. The summed E-state index contributed by atoms with van der Waals surface area (Å²) in [5.74, 6) is -0.766. The largest absolute Gasteiger partial charge is 0.370 e. The minimum absolute atomic E-state index is 0.0431. The summed E-state index contributed by atoms with van der Waals surface area (Å²) in [6.45, 7) is -0.135. The molecule has 0 atom stereocenters. The van der Waals surface area contributed by atoms with Crippen LogP contribution in [0.3, 0.4) is 0 Å². The van der Waals surface area contributed by atoms with Crippen molar-refractivity contribution in [2.45, 2.75) is 19.3 Å². The van der Waals surface area contributed by atoms with Crippen LogP contribution in [0.4, 0.5) is 4.39 Å². The van der Waals surface area contributed by atoms with Crippen LogP contribution in [0, 0.1) is 0 Å². The lowest BCUT2D eigenvalue weighted by atomic mass is 10.3. The molecule has 5 heteroatoms. The summed E-state index contributed by atoms with van der Waals surface area (Å²) < 4.78 is 11.5. The number of primary amides is 1. The van der Waals surface area contributed by atoms with Crippen LogP contribution in [0.15, 0.2) is 0 Å². The van der Waals surface area contributed by atoms with Gasteiger partial charge in [0.05, 0.1) is 6.67 Å². The van der Waals surface area contributed by atoms with Crippen molar-refractivity contribution in [2.75, 3.05) is 13.2 Å². The molecule has 0 unspecified atom stereocenters. The molecule has 0 spiro atoms. The molecule has 0 rings (SSSR count). The van der Waals surface area contributed by atoms with Crippen LogP contribution in [0.1, 0.15) is 19.3 Å². The molecule has 0 saturated carbocycles. The molecule has 3 N–H and O–H groups in total. The molecule has 4 nitrogen and oxygen atoms in total. The van der Waals surface area contributed by atoms with Crippen molar-refractivity contribution >= 4 is 11.8 Å². The number of hydrogen-bond donors (Lipinski definition) is 2. The Morgan fingerprint density at radius 1 is 1.33 bits per heavy atom. The van der Waals surface area contributed by atoms with Crippen LogP contribution in [-0.4, -0.2) is 25.0 Å². The van der Waals surface area contributed by atoms with Crippen molar-refractivity contribution in [3.05, 3.63) is 0 Å². The first-order chi connectivity index (χ1) is 5.66. The summed E-state index contributed by atoms with van der Waals surface area (Å²) >= 11 is 0. The number of nitrogens with one attached hydrogen (secondary N) is 1. The first-order valence-electron chi connectivity index (χ1n) is 3.77. The Kier molecular flexibility index (Phi) is 5.95. The molecule has 0 aliphatic rings. The number of halogens is 1. The number of alkyl halides is 1. The van der Waals surface area contributed by atoms with Gasteiger partial charge in [-0.15, -0.1) is 0 Å². The fourth-order valence-electron chi connectivity index (χ4n) is 0.620. The molecule has 0 aromatic rings. The Morgan fingerprint density at radius 2 is 2.00 bits per heavy atom. The van der Waals surface area contributed by atoms with E-state index >= 15 is 0 Å². The zero-order valence-corrected chi connectivity index (χ0v) is 6.81. The molecule has 0 aliphatic heterocycles. The van der Waals surface area contributed by atoms with E-state index in [4.69, 9.17) is 5.73 Å². The summed E-state index contributed by atoms with van der Waals surface area (Å²) in [5, 5.41) is 2.45.